The molecule has 55 heavy (non-hydrogen) atoms. The van der Waals surface area contributed by atoms with Crippen LogP contribution in [0, 0.1) is 22.2 Å². The number of hydrogen-bond donors (Lipinski definition) is 2. The molecule has 1 amide bonds. The van der Waals surface area contributed by atoms with Crippen LogP contribution >= 0.6 is 7.37 Å². The van der Waals surface area contributed by atoms with Gasteiger partial charge in [0.15, 0.2) is 0 Å². The molecule has 0 saturated carbocycles. The Bertz CT molecular complexity index is 1540. The second kappa shape index (κ2) is 21.6. The molecule has 0 aliphatic heterocycles. The van der Waals surface area contributed by atoms with Crippen LogP contribution in [-0.2, 0) is 66.3 Å². The van der Waals surface area contributed by atoms with Crippen molar-refractivity contribution in [2.45, 2.75) is 87.6 Å². The Morgan fingerprint density at radius 2 is 1.11 bits per heavy atom. The summed E-state index contributed by atoms with van der Waals surface area (Å²) in [5, 5.41) is 5.48. The van der Waals surface area contributed by atoms with Gasteiger partial charge in [0.05, 0.1) is 22.2 Å². The van der Waals surface area contributed by atoms with Crippen LogP contribution in [0.3, 0.4) is 0 Å². The molecule has 0 fully saturated rings. The Morgan fingerprint density at radius 3 is 1.55 bits per heavy atom. The zero-order valence-electron chi connectivity index (χ0n) is 33.7. The summed E-state index contributed by atoms with van der Waals surface area (Å²) in [5.41, 5.74) is -1.69. The number of benzene rings is 1. The topological polar surface area (TPSA) is 225 Å². The molecule has 310 valence electrons. The maximum atomic E-state index is 14.1. The quantitative estimate of drug-likeness (QED) is 0.0781. The molecule has 0 saturated heterocycles. The highest BCUT2D eigenvalue weighted by molar-refractivity contribution is 7.59. The van der Waals surface area contributed by atoms with Gasteiger partial charge in [-0.05, 0) is 99.4 Å². The minimum Gasteiger partial charge on any atom is -0.428 e. The molecule has 0 heterocycles. The van der Waals surface area contributed by atoms with Crippen molar-refractivity contribution in [3.8, 4) is 0 Å². The Hall–Kier alpha value is -4.50. The van der Waals surface area contributed by atoms with Gasteiger partial charge in [0, 0.05) is 44.2 Å². The van der Waals surface area contributed by atoms with Crippen LogP contribution in [0.4, 0.5) is 5.69 Å². The van der Waals surface area contributed by atoms with E-state index < -0.39 is 110 Å². The summed E-state index contributed by atoms with van der Waals surface area (Å²) in [6, 6.07) is 4.91. The molecule has 0 bridgehead atoms. The normalized spacial score (nSPS) is 13.9. The lowest BCUT2D eigenvalue weighted by atomic mass is 9.97. The van der Waals surface area contributed by atoms with Crippen LogP contribution in [0.15, 0.2) is 24.3 Å². The third-order valence-corrected chi connectivity index (χ3v) is 10.3. The van der Waals surface area contributed by atoms with E-state index in [0.717, 1.165) is 12.8 Å². The second-order valence-electron chi connectivity index (χ2n) is 15.6. The largest absolute Gasteiger partial charge is 0.428 e. The van der Waals surface area contributed by atoms with Crippen molar-refractivity contribution in [1.82, 2.24) is 5.32 Å². The van der Waals surface area contributed by atoms with E-state index >= 15 is 0 Å². The first kappa shape index (κ1) is 48.5. The summed E-state index contributed by atoms with van der Waals surface area (Å²) in [6.45, 7) is 12.3. The van der Waals surface area contributed by atoms with E-state index in [-0.39, 0.29) is 24.6 Å². The number of esters is 6. The molecule has 3 atom stereocenters. The summed E-state index contributed by atoms with van der Waals surface area (Å²) >= 11 is 0. The van der Waals surface area contributed by atoms with Crippen LogP contribution in [-0.4, -0.2) is 94.6 Å². The zero-order valence-corrected chi connectivity index (χ0v) is 34.6. The van der Waals surface area contributed by atoms with Crippen molar-refractivity contribution in [1.29, 1.82) is 0 Å². The van der Waals surface area contributed by atoms with E-state index in [4.69, 9.17) is 32.9 Å². The fourth-order valence-electron chi connectivity index (χ4n) is 4.14. The molecule has 17 nitrogen and oxygen atoms in total. The maximum absolute atomic E-state index is 14.1. The number of amides is 1. The van der Waals surface area contributed by atoms with Crippen molar-refractivity contribution >= 4 is 54.8 Å². The van der Waals surface area contributed by atoms with E-state index in [1.807, 2.05) is 0 Å². The van der Waals surface area contributed by atoms with Gasteiger partial charge in [-0.15, -0.1) is 0 Å². The monoisotopic (exact) mass is 800 g/mol. The first-order valence-corrected chi connectivity index (χ1v) is 19.6. The van der Waals surface area contributed by atoms with Gasteiger partial charge >= 0.3 is 35.8 Å². The molecular formula is C37H57N2O15P. The van der Waals surface area contributed by atoms with Gasteiger partial charge in [0.25, 0.3) is 5.91 Å². The molecule has 2 unspecified atom stereocenters. The third-order valence-electron chi connectivity index (χ3n) is 7.68. The minimum atomic E-state index is -3.87. The Morgan fingerprint density at radius 1 is 0.655 bits per heavy atom. The molecule has 0 radical (unpaired) electrons. The van der Waals surface area contributed by atoms with Crippen molar-refractivity contribution in [3.63, 3.8) is 0 Å². The second-order valence-corrected chi connectivity index (χ2v) is 18.4. The molecule has 0 aliphatic carbocycles. The Kier molecular flexibility index (Phi) is 19.0. The standard InChI is InChI=1S/C37H57N2O15P/c1-35(2,3)32(44)52-21-49-28(40)17-14-25(30(42)50-22-53-33(45)36(4,5)6)20-55(47,48-11)19-18-27(31(43)51-23-54-34(46)37(7,8)9)39-29(41)24-12-15-26(38-10)16-13-24/h12-13,15-16,25,27,38H,14,17-23H2,1-11H3,(H,39,41)/t25?,27-,55?/m0/s1. The lowest BCUT2D eigenvalue weighted by molar-refractivity contribution is -0.176. The van der Waals surface area contributed by atoms with Crippen LogP contribution in [0.1, 0.15) is 91.9 Å². The fraction of sp³-hybridized carbons (Fsp3) is 0.649. The molecule has 2 N–H and O–H groups in total. The fourth-order valence-corrected chi connectivity index (χ4v) is 6.31. The predicted molar refractivity (Wildman–Crippen MR) is 198 cm³/mol. The van der Waals surface area contributed by atoms with Gasteiger partial charge in [-0.2, -0.15) is 0 Å². The van der Waals surface area contributed by atoms with Crippen LogP contribution < -0.4 is 10.6 Å². The van der Waals surface area contributed by atoms with Crippen molar-refractivity contribution < 1.29 is 71.1 Å². The number of carbonyl (C=O) groups is 7. The van der Waals surface area contributed by atoms with Crippen LogP contribution in [0.5, 0.6) is 0 Å². The average molecular weight is 801 g/mol. The summed E-state index contributed by atoms with van der Waals surface area (Å²) in [6.07, 6.45) is -1.85. The number of nitrogens with one attached hydrogen (secondary N) is 2. The van der Waals surface area contributed by atoms with E-state index in [9.17, 15) is 38.1 Å². The van der Waals surface area contributed by atoms with Gasteiger partial charge in [-0.25, -0.2) is 4.79 Å². The van der Waals surface area contributed by atoms with Gasteiger partial charge in [-0.1, -0.05) is 0 Å². The van der Waals surface area contributed by atoms with Crippen molar-refractivity contribution in [3.05, 3.63) is 29.8 Å². The van der Waals surface area contributed by atoms with Crippen molar-refractivity contribution in [2.24, 2.45) is 22.2 Å². The third kappa shape index (κ3) is 18.1. The number of ether oxygens (including phenoxy) is 6. The smallest absolute Gasteiger partial charge is 0.331 e. The summed E-state index contributed by atoms with van der Waals surface area (Å²) in [7, 11) is -1.03. The Balaban J connectivity index is 3.21. The van der Waals surface area contributed by atoms with Gasteiger partial charge < -0.3 is 43.6 Å². The first-order chi connectivity index (χ1) is 25.3. The molecule has 0 aromatic heterocycles. The van der Waals surface area contributed by atoms with Crippen LogP contribution in [0.25, 0.3) is 0 Å². The summed E-state index contributed by atoms with van der Waals surface area (Å²) in [5.74, 6) is -6.66. The highest BCUT2D eigenvalue weighted by atomic mass is 31.2. The van der Waals surface area contributed by atoms with E-state index in [1.54, 1.807) is 81.5 Å². The molecular weight excluding hydrogens is 743 g/mol. The number of anilines is 1. The number of rotatable bonds is 20. The Labute approximate surface area is 322 Å². The lowest BCUT2D eigenvalue weighted by Gasteiger charge is -2.24. The minimum absolute atomic E-state index is 0.195. The lowest BCUT2D eigenvalue weighted by Crippen LogP contribution is -2.43. The van der Waals surface area contributed by atoms with E-state index in [1.165, 1.54) is 12.1 Å². The molecule has 1 aromatic rings. The predicted octanol–water partition coefficient (Wildman–Crippen LogP) is 4.81. The molecule has 1 rings (SSSR count). The van der Waals surface area contributed by atoms with Gasteiger partial charge in [0.1, 0.15) is 6.04 Å². The number of carbonyl (C=O) groups excluding carboxylic acids is 7. The highest BCUT2D eigenvalue weighted by Crippen LogP contribution is 2.49. The van der Waals surface area contributed by atoms with E-state index in [0.29, 0.717) is 0 Å². The van der Waals surface area contributed by atoms with Crippen LogP contribution in [0.2, 0.25) is 0 Å². The number of hydrogen-bond acceptors (Lipinski definition) is 16. The first-order valence-electron chi connectivity index (χ1n) is 17.6. The molecule has 18 heteroatoms. The molecule has 0 aliphatic rings. The molecule has 0 spiro atoms. The van der Waals surface area contributed by atoms with Crippen molar-refractivity contribution in [2.75, 3.05) is 52.2 Å². The summed E-state index contributed by atoms with van der Waals surface area (Å²) in [4.78, 5) is 88.5. The zero-order chi connectivity index (χ0) is 42.2. The average Bonchev–Trinajstić information content (AvgIpc) is 3.10. The maximum Gasteiger partial charge on any atom is 0.331 e. The summed E-state index contributed by atoms with van der Waals surface area (Å²) < 4.78 is 49.8. The highest BCUT2D eigenvalue weighted by Gasteiger charge is 2.35. The van der Waals surface area contributed by atoms with E-state index in [2.05, 4.69) is 10.6 Å². The van der Waals surface area contributed by atoms with Gasteiger partial charge in [0.2, 0.25) is 27.7 Å². The molecule has 1 aromatic carbocycles. The van der Waals surface area contributed by atoms with Gasteiger partial charge in [-0.3, -0.25) is 33.3 Å². The SMILES string of the molecule is CNc1ccc(C(=O)N[C@@H](CCP(=O)(CC(CCC(=O)OCOC(=O)C(C)(C)C)C(=O)OCOC(=O)C(C)(C)C)OC)C(=O)OCOC(=O)C(C)(C)C)cc1.